The summed E-state index contributed by atoms with van der Waals surface area (Å²) in [6.45, 7) is 0. The minimum Gasteiger partial charge on any atom is -0.331 e. The second-order valence-electron chi connectivity index (χ2n) is 9.03. The van der Waals surface area contributed by atoms with Gasteiger partial charge in [-0.25, -0.2) is 0 Å². The zero-order valence-electron chi connectivity index (χ0n) is 20.1. The Morgan fingerprint density at radius 2 is 0.974 bits per heavy atom. The number of rotatable bonds is 4. The fourth-order valence-electron chi connectivity index (χ4n) is 4.60. The Morgan fingerprint density at radius 3 is 1.36 bits per heavy atom. The zero-order chi connectivity index (χ0) is 27.3. The third-order valence-corrected chi connectivity index (χ3v) is 7.56. The first-order valence-electron chi connectivity index (χ1n) is 11.9. The van der Waals surface area contributed by atoms with Crippen molar-refractivity contribution in [3.8, 4) is 11.4 Å². The molecule has 0 atom stereocenters. The van der Waals surface area contributed by atoms with Crippen molar-refractivity contribution in [2.24, 2.45) is 0 Å². The Kier molecular flexibility index (Phi) is 6.56. The van der Waals surface area contributed by atoms with Gasteiger partial charge in [0.1, 0.15) is 0 Å². The number of halogens is 2. The number of aromatic nitrogens is 4. The summed E-state index contributed by atoms with van der Waals surface area (Å²) in [7, 11) is 0. The molecule has 2 heterocycles. The lowest BCUT2D eigenvalue weighted by molar-refractivity contribution is 0.936. The van der Waals surface area contributed by atoms with Gasteiger partial charge in [0.15, 0.2) is 9.54 Å². The lowest BCUT2D eigenvalue weighted by atomic mass is 10.0. The van der Waals surface area contributed by atoms with Crippen LogP contribution in [0.1, 0.15) is 11.1 Å². The van der Waals surface area contributed by atoms with Gasteiger partial charge < -0.3 is 9.97 Å². The van der Waals surface area contributed by atoms with Crippen LogP contribution in [-0.4, -0.2) is 19.1 Å². The quantitative estimate of drug-likeness (QED) is 0.212. The van der Waals surface area contributed by atoms with Gasteiger partial charge in [0.2, 0.25) is 0 Å². The first kappa shape index (κ1) is 25.5. The Labute approximate surface area is 241 Å². The van der Waals surface area contributed by atoms with Crippen LogP contribution in [-0.2, 0) is 6.42 Å². The minimum atomic E-state index is -0.232. The third kappa shape index (κ3) is 4.77. The molecule has 192 valence electrons. The number of hydrogen-bond acceptors (Lipinski definition) is 4. The van der Waals surface area contributed by atoms with E-state index >= 15 is 0 Å². The van der Waals surface area contributed by atoms with Crippen molar-refractivity contribution in [1.82, 2.24) is 19.1 Å². The summed E-state index contributed by atoms with van der Waals surface area (Å²) in [5, 5.41) is 1.90. The molecule has 4 aromatic carbocycles. The van der Waals surface area contributed by atoms with Gasteiger partial charge in [0.25, 0.3) is 11.1 Å². The van der Waals surface area contributed by atoms with E-state index in [0.29, 0.717) is 59.2 Å². The van der Waals surface area contributed by atoms with Crippen LogP contribution in [0.3, 0.4) is 0 Å². The topological polar surface area (TPSA) is 75.6 Å². The van der Waals surface area contributed by atoms with Crippen LogP contribution in [0.25, 0.3) is 33.2 Å². The minimum absolute atomic E-state index is 0.232. The van der Waals surface area contributed by atoms with Crippen molar-refractivity contribution < 1.29 is 0 Å². The number of H-pyrrole nitrogens is 2. The van der Waals surface area contributed by atoms with E-state index in [0.717, 1.165) is 11.1 Å². The summed E-state index contributed by atoms with van der Waals surface area (Å²) < 4.78 is 3.54. The van der Waals surface area contributed by atoms with Crippen LogP contribution < -0.4 is 11.1 Å². The highest BCUT2D eigenvalue weighted by atomic mass is 35.5. The number of aromatic amines is 2. The second kappa shape index (κ2) is 10.1. The fourth-order valence-corrected chi connectivity index (χ4v) is 5.54. The van der Waals surface area contributed by atoms with Crippen molar-refractivity contribution in [2.45, 2.75) is 6.42 Å². The Hall–Kier alpha value is -3.82. The van der Waals surface area contributed by atoms with E-state index in [4.69, 9.17) is 47.6 Å². The van der Waals surface area contributed by atoms with Gasteiger partial charge in [-0.2, -0.15) is 0 Å². The number of fused-ring (bicyclic) bond motifs is 2. The number of hydrogen-bond donors (Lipinski definition) is 2. The summed E-state index contributed by atoms with van der Waals surface area (Å²) in [4.78, 5) is 32.5. The van der Waals surface area contributed by atoms with Crippen LogP contribution >= 0.6 is 47.6 Å². The van der Waals surface area contributed by atoms with Crippen molar-refractivity contribution in [3.63, 3.8) is 0 Å². The van der Waals surface area contributed by atoms with E-state index < -0.39 is 0 Å². The SMILES string of the molecule is O=c1c2cc(Cl)ccc2[nH]c(=S)n1-c1ccc(Cc2ccc(-n3c(=S)[nH]c4ccc(Cl)cc4c3=O)cc2)cc1. The summed E-state index contributed by atoms with van der Waals surface area (Å²) in [6.07, 6.45) is 0.657. The molecule has 0 fully saturated rings. The number of nitrogens with zero attached hydrogens (tertiary/aromatic N) is 2. The van der Waals surface area contributed by atoms with Gasteiger partial charge in [-0.05, 0) is 103 Å². The van der Waals surface area contributed by atoms with Crippen molar-refractivity contribution in [1.29, 1.82) is 0 Å². The van der Waals surface area contributed by atoms with E-state index in [1.165, 1.54) is 9.13 Å². The Balaban J connectivity index is 1.28. The van der Waals surface area contributed by atoms with E-state index in [1.54, 1.807) is 36.4 Å². The average molecular weight is 590 g/mol. The molecule has 0 unspecified atom stereocenters. The smallest absolute Gasteiger partial charge is 0.266 e. The van der Waals surface area contributed by atoms with E-state index in [2.05, 4.69) is 9.97 Å². The van der Waals surface area contributed by atoms with Crippen LogP contribution in [0.4, 0.5) is 0 Å². The monoisotopic (exact) mass is 588 g/mol. The molecule has 0 bridgehead atoms. The highest BCUT2D eigenvalue weighted by Gasteiger charge is 2.10. The van der Waals surface area contributed by atoms with E-state index in [9.17, 15) is 9.59 Å². The normalized spacial score (nSPS) is 11.3. The molecule has 10 heteroatoms. The molecule has 6 rings (SSSR count). The standard InChI is InChI=1S/C29H18Cl2N4O2S2/c30-18-5-11-24-22(14-18)26(36)34(28(38)32-24)20-7-1-16(2-8-20)13-17-3-9-21(10-4-17)35-27(37)23-15-19(31)6-12-25(23)33-29(35)39/h1-12,14-15H,13H2,(H,32,38)(H,33,39). The molecule has 2 N–H and O–H groups in total. The molecule has 0 aliphatic carbocycles. The molecule has 2 aromatic heterocycles. The largest absolute Gasteiger partial charge is 0.331 e. The first-order chi connectivity index (χ1) is 18.8. The summed E-state index contributed by atoms with van der Waals surface area (Å²) in [5.74, 6) is 0. The van der Waals surface area contributed by atoms with Crippen LogP contribution in [0.15, 0.2) is 94.5 Å². The van der Waals surface area contributed by atoms with Gasteiger partial charge in [0.05, 0.1) is 33.2 Å². The highest BCUT2D eigenvalue weighted by molar-refractivity contribution is 7.71. The molecule has 0 spiro atoms. The predicted octanol–water partition coefficient (Wildman–Crippen LogP) is 7.31. The van der Waals surface area contributed by atoms with Gasteiger partial charge >= 0.3 is 0 Å². The molecular weight excluding hydrogens is 571 g/mol. The van der Waals surface area contributed by atoms with Gasteiger partial charge in [-0.1, -0.05) is 47.5 Å². The molecule has 6 aromatic rings. The Bertz CT molecular complexity index is 1990. The maximum absolute atomic E-state index is 13.1. The highest BCUT2D eigenvalue weighted by Crippen LogP contribution is 2.19. The van der Waals surface area contributed by atoms with Crippen molar-refractivity contribution >= 4 is 69.4 Å². The van der Waals surface area contributed by atoms with Gasteiger partial charge in [-0.3, -0.25) is 18.7 Å². The molecule has 0 radical (unpaired) electrons. The average Bonchev–Trinajstić information content (AvgIpc) is 2.92. The molecule has 0 aliphatic heterocycles. The molecular formula is C29H18Cl2N4O2S2. The maximum Gasteiger partial charge on any atom is 0.266 e. The third-order valence-electron chi connectivity index (χ3n) is 6.52. The summed E-state index contributed by atoms with van der Waals surface area (Å²) >= 11 is 23.1. The lowest BCUT2D eigenvalue weighted by Gasteiger charge is -2.11. The Morgan fingerprint density at radius 1 is 0.590 bits per heavy atom. The zero-order valence-corrected chi connectivity index (χ0v) is 23.2. The fraction of sp³-hybridized carbons (Fsp3) is 0.0345. The number of benzene rings is 4. The van der Waals surface area contributed by atoms with Crippen LogP contribution in [0, 0.1) is 9.54 Å². The summed E-state index contributed by atoms with van der Waals surface area (Å²) in [5.41, 5.74) is 4.23. The molecule has 0 saturated heterocycles. The van der Waals surface area contributed by atoms with Crippen LogP contribution in [0.5, 0.6) is 0 Å². The van der Waals surface area contributed by atoms with Crippen molar-refractivity contribution in [3.05, 3.63) is 136 Å². The molecule has 0 amide bonds. The van der Waals surface area contributed by atoms with Crippen LogP contribution in [0.2, 0.25) is 10.0 Å². The first-order valence-corrected chi connectivity index (χ1v) is 13.4. The molecule has 0 aliphatic rings. The van der Waals surface area contributed by atoms with Crippen molar-refractivity contribution in [2.75, 3.05) is 0 Å². The van der Waals surface area contributed by atoms with E-state index in [1.807, 2.05) is 48.5 Å². The second-order valence-corrected chi connectivity index (χ2v) is 10.7. The lowest BCUT2D eigenvalue weighted by Crippen LogP contribution is -2.20. The number of nitrogens with one attached hydrogen (secondary N) is 2. The van der Waals surface area contributed by atoms with Gasteiger partial charge in [0, 0.05) is 10.0 Å². The predicted molar refractivity (Wildman–Crippen MR) is 162 cm³/mol. The molecule has 0 saturated carbocycles. The maximum atomic E-state index is 13.1. The van der Waals surface area contributed by atoms with E-state index in [-0.39, 0.29) is 11.1 Å². The summed E-state index contributed by atoms with van der Waals surface area (Å²) in [6, 6.07) is 25.5. The molecule has 39 heavy (non-hydrogen) atoms. The molecule has 6 nitrogen and oxygen atoms in total. The van der Waals surface area contributed by atoms with Gasteiger partial charge in [-0.15, -0.1) is 0 Å².